The van der Waals surface area contributed by atoms with Crippen LogP contribution in [0.4, 0.5) is 0 Å². The highest BCUT2D eigenvalue weighted by molar-refractivity contribution is 5.75. The molecule has 0 spiro atoms. The van der Waals surface area contributed by atoms with Crippen molar-refractivity contribution in [3.8, 4) is 0 Å². The van der Waals surface area contributed by atoms with Crippen LogP contribution in [-0.2, 0) is 18.9 Å². The van der Waals surface area contributed by atoms with Crippen molar-refractivity contribution in [2.45, 2.75) is 68.3 Å². The molecule has 0 aromatic carbocycles. The number of aliphatic imine (C=N–C) groups is 1. The Morgan fingerprint density at radius 2 is 1.56 bits per heavy atom. The van der Waals surface area contributed by atoms with E-state index in [9.17, 15) is 30.6 Å². The van der Waals surface area contributed by atoms with Gasteiger partial charge in [-0.05, 0) is 0 Å². The molecule has 2 saturated heterocycles. The molecule has 3 heterocycles. The Bertz CT molecular complexity index is 502. The number of hydrogen-bond acceptors (Lipinski definition) is 11. The molecule has 4 unspecified atom stereocenters. The second kappa shape index (κ2) is 7.39. The molecule has 0 radical (unpaired) electrons. The Morgan fingerprint density at radius 3 is 2.20 bits per heavy atom. The standard InChI is InChI=1S/C14H23NO10/c1-4-15-7-12(9(19)6(3-17)23-13(7)22-4)25-14-11(21)10(20)8(18)5(2-16)24-14/h5-14,16-21H,2-3H2,1H3/t5?,6?,7?,8-,9+,10-,11?,12+,13-,14-/m0/s1. The fraction of sp³-hybridized carbons (Fsp3) is 0.929. The zero-order valence-corrected chi connectivity index (χ0v) is 13.5. The number of aliphatic hydroxyl groups excluding tert-OH is 6. The predicted molar refractivity (Wildman–Crippen MR) is 78.4 cm³/mol. The average molecular weight is 365 g/mol. The summed E-state index contributed by atoms with van der Waals surface area (Å²) in [4.78, 5) is 4.18. The molecule has 0 bridgehead atoms. The van der Waals surface area contributed by atoms with Crippen LogP contribution in [0.25, 0.3) is 0 Å². The zero-order chi connectivity index (χ0) is 18.3. The van der Waals surface area contributed by atoms with Gasteiger partial charge in [-0.2, -0.15) is 0 Å². The first-order valence-electron chi connectivity index (χ1n) is 7.98. The van der Waals surface area contributed by atoms with Gasteiger partial charge in [0.25, 0.3) is 0 Å². The van der Waals surface area contributed by atoms with Crippen molar-refractivity contribution in [3.63, 3.8) is 0 Å². The van der Waals surface area contributed by atoms with Gasteiger partial charge in [-0.25, -0.2) is 4.99 Å². The highest BCUT2D eigenvalue weighted by Crippen LogP contribution is 2.33. The SMILES string of the molecule is CC1=NC2[C@@H](O1)OC(CO)[C@@H](O)[C@@H]2O[C@@H]1OC(CO)[C@H](O)[C@H](O)C1O. The summed E-state index contributed by atoms with van der Waals surface area (Å²) >= 11 is 0. The van der Waals surface area contributed by atoms with Gasteiger partial charge < -0.3 is 49.6 Å². The van der Waals surface area contributed by atoms with Gasteiger partial charge in [-0.3, -0.25) is 0 Å². The fourth-order valence-corrected chi connectivity index (χ4v) is 3.19. The van der Waals surface area contributed by atoms with E-state index >= 15 is 0 Å². The third-order valence-electron chi connectivity index (χ3n) is 4.58. The van der Waals surface area contributed by atoms with E-state index in [1.165, 1.54) is 0 Å². The van der Waals surface area contributed by atoms with Crippen molar-refractivity contribution in [1.29, 1.82) is 0 Å². The Labute approximate surface area is 143 Å². The third-order valence-corrected chi connectivity index (χ3v) is 4.58. The summed E-state index contributed by atoms with van der Waals surface area (Å²) in [5.41, 5.74) is 0. The molecule has 0 aromatic heterocycles. The van der Waals surface area contributed by atoms with Gasteiger partial charge in [0.15, 0.2) is 12.2 Å². The minimum absolute atomic E-state index is 0.309. The minimum Gasteiger partial charge on any atom is -0.450 e. The van der Waals surface area contributed by atoms with Crippen LogP contribution in [0.1, 0.15) is 6.92 Å². The van der Waals surface area contributed by atoms with E-state index in [2.05, 4.69) is 4.99 Å². The summed E-state index contributed by atoms with van der Waals surface area (Å²) in [6.07, 6.45) is -11.6. The lowest BCUT2D eigenvalue weighted by Crippen LogP contribution is -2.63. The van der Waals surface area contributed by atoms with Crippen molar-refractivity contribution in [3.05, 3.63) is 0 Å². The van der Waals surface area contributed by atoms with Crippen molar-refractivity contribution in [1.82, 2.24) is 0 Å². The first-order valence-corrected chi connectivity index (χ1v) is 7.98. The van der Waals surface area contributed by atoms with Crippen LogP contribution in [-0.4, -0.2) is 111 Å². The van der Waals surface area contributed by atoms with Crippen LogP contribution in [0.15, 0.2) is 4.99 Å². The molecule has 0 aliphatic carbocycles. The maximum atomic E-state index is 10.4. The lowest BCUT2D eigenvalue weighted by atomic mass is 9.96. The second-order valence-electron chi connectivity index (χ2n) is 6.27. The van der Waals surface area contributed by atoms with Crippen LogP contribution in [0.3, 0.4) is 0 Å². The van der Waals surface area contributed by atoms with Crippen molar-refractivity contribution >= 4 is 5.90 Å². The molecular formula is C14H23NO10. The molecule has 6 N–H and O–H groups in total. The highest BCUT2D eigenvalue weighted by atomic mass is 16.7. The molecule has 0 aromatic rings. The van der Waals surface area contributed by atoms with Crippen molar-refractivity contribution in [2.75, 3.05) is 13.2 Å². The molecule has 25 heavy (non-hydrogen) atoms. The fourth-order valence-electron chi connectivity index (χ4n) is 3.19. The van der Waals surface area contributed by atoms with Gasteiger partial charge in [0.05, 0.1) is 13.2 Å². The Hall–Kier alpha value is -0.890. The van der Waals surface area contributed by atoms with E-state index in [-0.39, 0.29) is 0 Å². The number of aliphatic hydroxyl groups is 6. The van der Waals surface area contributed by atoms with Crippen molar-refractivity contribution < 1.29 is 49.6 Å². The molecule has 10 atom stereocenters. The summed E-state index contributed by atoms with van der Waals surface area (Å²) in [5.74, 6) is 0.309. The first kappa shape index (κ1) is 18.9. The second-order valence-corrected chi connectivity index (χ2v) is 6.27. The smallest absolute Gasteiger partial charge is 0.227 e. The Kier molecular flexibility index (Phi) is 5.58. The van der Waals surface area contributed by atoms with E-state index < -0.39 is 74.6 Å². The molecule has 144 valence electrons. The van der Waals surface area contributed by atoms with E-state index in [0.29, 0.717) is 5.90 Å². The van der Waals surface area contributed by atoms with E-state index in [0.717, 1.165) is 0 Å². The lowest BCUT2D eigenvalue weighted by molar-refractivity contribution is -0.336. The number of rotatable bonds is 4. The zero-order valence-electron chi connectivity index (χ0n) is 13.5. The molecule has 0 amide bonds. The van der Waals surface area contributed by atoms with Crippen LogP contribution >= 0.6 is 0 Å². The van der Waals surface area contributed by atoms with Crippen LogP contribution in [0.2, 0.25) is 0 Å². The maximum Gasteiger partial charge on any atom is 0.227 e. The van der Waals surface area contributed by atoms with Gasteiger partial charge in [-0.1, -0.05) is 0 Å². The molecule has 11 heteroatoms. The molecule has 0 saturated carbocycles. The van der Waals surface area contributed by atoms with Gasteiger partial charge in [0.1, 0.15) is 48.8 Å². The van der Waals surface area contributed by atoms with E-state index in [1.54, 1.807) is 6.92 Å². The molecule has 11 nitrogen and oxygen atoms in total. The summed E-state index contributed by atoms with van der Waals surface area (Å²) in [7, 11) is 0. The van der Waals surface area contributed by atoms with E-state index in [4.69, 9.17) is 18.9 Å². The number of fused-ring (bicyclic) bond motifs is 1. The summed E-state index contributed by atoms with van der Waals surface area (Å²) in [6.45, 7) is 0.487. The number of nitrogens with zero attached hydrogens (tertiary/aromatic N) is 1. The van der Waals surface area contributed by atoms with Crippen molar-refractivity contribution in [2.24, 2.45) is 4.99 Å². The Morgan fingerprint density at radius 1 is 0.920 bits per heavy atom. The maximum absolute atomic E-state index is 10.4. The molecular weight excluding hydrogens is 342 g/mol. The van der Waals surface area contributed by atoms with Gasteiger partial charge >= 0.3 is 0 Å². The lowest BCUT2D eigenvalue weighted by Gasteiger charge is -2.44. The third kappa shape index (κ3) is 3.39. The van der Waals surface area contributed by atoms with Gasteiger partial charge in [0.2, 0.25) is 6.29 Å². The quantitative estimate of drug-likeness (QED) is 0.289. The molecule has 3 rings (SSSR count). The summed E-state index contributed by atoms with van der Waals surface area (Å²) in [5, 5.41) is 58.7. The monoisotopic (exact) mass is 365 g/mol. The van der Waals surface area contributed by atoms with E-state index in [1.807, 2.05) is 0 Å². The first-order chi connectivity index (χ1) is 11.9. The van der Waals surface area contributed by atoms with Crippen LogP contribution < -0.4 is 0 Å². The van der Waals surface area contributed by atoms with Crippen LogP contribution in [0.5, 0.6) is 0 Å². The largest absolute Gasteiger partial charge is 0.450 e. The summed E-state index contributed by atoms with van der Waals surface area (Å²) in [6, 6.07) is -0.773. The minimum atomic E-state index is -1.62. The van der Waals surface area contributed by atoms with Gasteiger partial charge in [0, 0.05) is 6.92 Å². The molecule has 3 aliphatic rings. The molecule has 2 fully saturated rings. The number of ether oxygens (including phenoxy) is 4. The molecule has 3 aliphatic heterocycles. The predicted octanol–water partition coefficient (Wildman–Crippen LogP) is -3.93. The highest BCUT2D eigenvalue weighted by Gasteiger charge is 2.53. The normalized spacial score (nSPS) is 50.1. The number of hydrogen-bond donors (Lipinski definition) is 6. The Balaban J connectivity index is 1.78. The topological polar surface area (TPSA) is 171 Å². The van der Waals surface area contributed by atoms with Gasteiger partial charge in [-0.15, -0.1) is 0 Å². The van der Waals surface area contributed by atoms with Crippen LogP contribution in [0, 0.1) is 0 Å². The summed E-state index contributed by atoms with van der Waals surface area (Å²) < 4.78 is 21.7. The average Bonchev–Trinajstić information content (AvgIpc) is 2.97.